The van der Waals surface area contributed by atoms with Crippen molar-refractivity contribution in [3.8, 4) is 5.69 Å². The van der Waals surface area contributed by atoms with Crippen LogP contribution in [0.15, 0.2) is 30.3 Å². The standard InChI is InChI=1S/C20H26F3N5S/c21-20(22,23)16-8-7-11-25(14-16)15-27-19(29)28(17-9-3-1-4-10-17)18(24-27)26-12-5-2-6-13-26/h1,3-4,9-10,16H,2,5-8,11-15H2. The third kappa shape index (κ3) is 4.50. The van der Waals surface area contributed by atoms with E-state index in [1.54, 1.807) is 4.68 Å². The van der Waals surface area contributed by atoms with E-state index < -0.39 is 12.1 Å². The molecule has 1 aromatic carbocycles. The van der Waals surface area contributed by atoms with E-state index in [4.69, 9.17) is 17.3 Å². The normalized spacial score (nSPS) is 21.5. The molecule has 2 saturated heterocycles. The van der Waals surface area contributed by atoms with Crippen LogP contribution in [0.2, 0.25) is 0 Å². The number of para-hydroxylation sites is 1. The van der Waals surface area contributed by atoms with Crippen molar-refractivity contribution in [2.75, 3.05) is 31.1 Å². The molecule has 2 aliphatic rings. The highest BCUT2D eigenvalue weighted by molar-refractivity contribution is 7.71. The number of rotatable bonds is 4. The van der Waals surface area contributed by atoms with E-state index >= 15 is 0 Å². The van der Waals surface area contributed by atoms with Gasteiger partial charge in [0.2, 0.25) is 10.7 Å². The minimum atomic E-state index is -4.15. The van der Waals surface area contributed by atoms with E-state index in [1.165, 1.54) is 6.42 Å². The fourth-order valence-corrected chi connectivity index (χ4v) is 4.52. The molecule has 2 fully saturated rings. The van der Waals surface area contributed by atoms with Gasteiger partial charge in [-0.3, -0.25) is 9.47 Å². The van der Waals surface area contributed by atoms with Crippen molar-refractivity contribution >= 4 is 18.2 Å². The third-order valence-electron chi connectivity index (χ3n) is 5.78. The first kappa shape index (κ1) is 20.4. The summed E-state index contributed by atoms with van der Waals surface area (Å²) in [5.74, 6) is -0.492. The van der Waals surface area contributed by atoms with Crippen molar-refractivity contribution in [3.63, 3.8) is 0 Å². The Morgan fingerprint density at radius 1 is 1.00 bits per heavy atom. The van der Waals surface area contributed by atoms with Gasteiger partial charge in [-0.1, -0.05) is 18.2 Å². The first-order valence-electron chi connectivity index (χ1n) is 10.2. The molecular weight excluding hydrogens is 399 g/mol. The van der Waals surface area contributed by atoms with E-state index in [0.717, 1.165) is 37.6 Å². The molecule has 0 radical (unpaired) electrons. The Balaban J connectivity index is 1.64. The van der Waals surface area contributed by atoms with Gasteiger partial charge in [-0.15, -0.1) is 5.10 Å². The number of alkyl halides is 3. The zero-order chi connectivity index (χ0) is 20.4. The molecule has 0 spiro atoms. The van der Waals surface area contributed by atoms with Crippen molar-refractivity contribution in [2.24, 2.45) is 5.92 Å². The van der Waals surface area contributed by atoms with Gasteiger partial charge in [-0.05, 0) is 63.0 Å². The van der Waals surface area contributed by atoms with Crippen LogP contribution in [0.4, 0.5) is 19.1 Å². The number of likely N-dealkylation sites (tertiary alicyclic amines) is 1. The lowest BCUT2D eigenvalue weighted by atomic mass is 9.98. The maximum Gasteiger partial charge on any atom is 0.393 e. The molecule has 0 N–H and O–H groups in total. The number of benzene rings is 1. The first-order valence-corrected chi connectivity index (χ1v) is 10.6. The SMILES string of the molecule is FC(F)(F)C1CCCN(Cn2nc(N3CCCCC3)n(-c3ccccc3)c2=S)C1. The highest BCUT2D eigenvalue weighted by Gasteiger charge is 2.41. The van der Waals surface area contributed by atoms with Crippen LogP contribution >= 0.6 is 12.2 Å². The molecule has 0 bridgehead atoms. The van der Waals surface area contributed by atoms with E-state index in [0.29, 0.717) is 17.7 Å². The van der Waals surface area contributed by atoms with Crippen LogP contribution in [0.25, 0.3) is 5.69 Å². The predicted octanol–water partition coefficient (Wildman–Crippen LogP) is 4.63. The average Bonchev–Trinajstić information content (AvgIpc) is 3.05. The van der Waals surface area contributed by atoms with Gasteiger partial charge in [0, 0.05) is 19.6 Å². The van der Waals surface area contributed by atoms with Crippen molar-refractivity contribution in [2.45, 2.75) is 44.9 Å². The second kappa shape index (κ2) is 8.47. The van der Waals surface area contributed by atoms with Crippen LogP contribution in [0, 0.1) is 10.7 Å². The molecule has 1 unspecified atom stereocenters. The highest BCUT2D eigenvalue weighted by atomic mass is 32.1. The van der Waals surface area contributed by atoms with Crippen molar-refractivity contribution < 1.29 is 13.2 Å². The Morgan fingerprint density at radius 2 is 1.72 bits per heavy atom. The molecule has 0 saturated carbocycles. The van der Waals surface area contributed by atoms with Crippen molar-refractivity contribution in [1.82, 2.24) is 19.2 Å². The van der Waals surface area contributed by atoms with Gasteiger partial charge >= 0.3 is 6.18 Å². The van der Waals surface area contributed by atoms with Crippen LogP contribution in [0.1, 0.15) is 32.1 Å². The van der Waals surface area contributed by atoms with Gasteiger partial charge in [-0.2, -0.15) is 13.2 Å². The van der Waals surface area contributed by atoms with Gasteiger partial charge in [0.1, 0.15) is 0 Å². The molecule has 0 aliphatic carbocycles. The summed E-state index contributed by atoms with van der Waals surface area (Å²) in [7, 11) is 0. The molecule has 9 heteroatoms. The lowest BCUT2D eigenvalue weighted by Gasteiger charge is -2.33. The van der Waals surface area contributed by atoms with Gasteiger partial charge in [0.05, 0.1) is 18.3 Å². The van der Waals surface area contributed by atoms with Crippen LogP contribution < -0.4 is 4.90 Å². The fourth-order valence-electron chi connectivity index (χ4n) is 4.23. The van der Waals surface area contributed by atoms with Crippen LogP contribution in [0.5, 0.6) is 0 Å². The summed E-state index contributed by atoms with van der Waals surface area (Å²) in [6.07, 6.45) is -0.00126. The molecule has 2 aromatic rings. The molecule has 3 heterocycles. The maximum absolute atomic E-state index is 13.2. The molecule has 1 atom stereocenters. The third-order valence-corrected chi connectivity index (χ3v) is 6.17. The largest absolute Gasteiger partial charge is 0.393 e. The second-order valence-electron chi connectivity index (χ2n) is 7.90. The number of anilines is 1. The smallest absolute Gasteiger partial charge is 0.341 e. The summed E-state index contributed by atoms with van der Waals surface area (Å²) < 4.78 is 43.7. The summed E-state index contributed by atoms with van der Waals surface area (Å²) in [5.41, 5.74) is 0.927. The van der Waals surface area contributed by atoms with Crippen LogP contribution in [-0.2, 0) is 6.67 Å². The van der Waals surface area contributed by atoms with E-state index in [2.05, 4.69) is 4.90 Å². The van der Waals surface area contributed by atoms with Gasteiger partial charge in [0.25, 0.3) is 0 Å². The fraction of sp³-hybridized carbons (Fsp3) is 0.600. The Hall–Kier alpha value is -1.87. The van der Waals surface area contributed by atoms with E-state index in [9.17, 15) is 13.2 Å². The van der Waals surface area contributed by atoms with Gasteiger partial charge < -0.3 is 4.90 Å². The van der Waals surface area contributed by atoms with E-state index in [1.807, 2.05) is 39.8 Å². The Morgan fingerprint density at radius 3 is 2.41 bits per heavy atom. The minimum absolute atomic E-state index is 0.00250. The maximum atomic E-state index is 13.2. The summed E-state index contributed by atoms with van der Waals surface area (Å²) >= 11 is 5.72. The Labute approximate surface area is 173 Å². The predicted molar refractivity (Wildman–Crippen MR) is 109 cm³/mol. The number of piperidine rings is 2. The molecule has 5 nitrogen and oxygen atoms in total. The summed E-state index contributed by atoms with van der Waals surface area (Å²) in [6.45, 7) is 2.75. The summed E-state index contributed by atoms with van der Waals surface area (Å²) in [4.78, 5) is 4.05. The van der Waals surface area contributed by atoms with Crippen molar-refractivity contribution in [1.29, 1.82) is 0 Å². The number of hydrogen-bond acceptors (Lipinski definition) is 4. The first-order chi connectivity index (χ1) is 13.9. The topological polar surface area (TPSA) is 29.2 Å². The van der Waals surface area contributed by atoms with Gasteiger partial charge in [0.15, 0.2) is 0 Å². The van der Waals surface area contributed by atoms with Crippen LogP contribution in [0.3, 0.4) is 0 Å². The zero-order valence-electron chi connectivity index (χ0n) is 16.3. The molecule has 158 valence electrons. The van der Waals surface area contributed by atoms with Crippen LogP contribution in [-0.4, -0.2) is 51.6 Å². The Kier molecular flexibility index (Phi) is 5.96. The Bertz CT molecular complexity index is 870. The molecule has 4 rings (SSSR count). The second-order valence-corrected chi connectivity index (χ2v) is 8.27. The average molecular weight is 426 g/mol. The molecule has 2 aliphatic heterocycles. The lowest BCUT2D eigenvalue weighted by molar-refractivity contribution is -0.188. The number of aromatic nitrogens is 3. The quantitative estimate of drug-likeness (QED) is 0.669. The number of hydrogen-bond donors (Lipinski definition) is 0. The van der Waals surface area contributed by atoms with Gasteiger partial charge in [-0.25, -0.2) is 4.68 Å². The van der Waals surface area contributed by atoms with Crippen molar-refractivity contribution in [3.05, 3.63) is 35.1 Å². The molecule has 1 aromatic heterocycles. The lowest BCUT2D eigenvalue weighted by Crippen LogP contribution is -2.42. The minimum Gasteiger partial charge on any atom is -0.341 e. The monoisotopic (exact) mass is 425 g/mol. The molecule has 29 heavy (non-hydrogen) atoms. The number of nitrogens with zero attached hydrogens (tertiary/aromatic N) is 5. The summed E-state index contributed by atoms with van der Waals surface area (Å²) in [6, 6.07) is 9.81. The van der Waals surface area contributed by atoms with E-state index in [-0.39, 0.29) is 19.6 Å². The zero-order valence-corrected chi connectivity index (χ0v) is 17.1. The highest BCUT2D eigenvalue weighted by Crippen LogP contribution is 2.33. The summed E-state index contributed by atoms with van der Waals surface area (Å²) in [5, 5.41) is 4.77. The molecule has 0 amide bonds. The molecular formula is C20H26F3N5S. The number of halogens is 3.